The summed E-state index contributed by atoms with van der Waals surface area (Å²) in [6, 6.07) is 6.01. The van der Waals surface area contributed by atoms with Crippen LogP contribution < -0.4 is 11.1 Å². The first-order chi connectivity index (χ1) is 8.08. The van der Waals surface area contributed by atoms with Gasteiger partial charge in [-0.25, -0.2) is 4.98 Å². The Labute approximate surface area is 99.6 Å². The van der Waals surface area contributed by atoms with E-state index >= 15 is 0 Å². The molecule has 17 heavy (non-hydrogen) atoms. The molecule has 5 nitrogen and oxygen atoms in total. The number of aromatic nitrogens is 2. The maximum Gasteiger partial charge on any atom is 0.216 e. The first kappa shape index (κ1) is 11.4. The maximum atomic E-state index is 10.8. The summed E-state index contributed by atoms with van der Waals surface area (Å²) in [4.78, 5) is 15.1. The van der Waals surface area contributed by atoms with Crippen LogP contribution in [-0.2, 0) is 11.3 Å². The number of nitrogens with zero attached hydrogens (tertiary/aromatic N) is 2. The van der Waals surface area contributed by atoms with Crippen LogP contribution in [0.15, 0.2) is 18.2 Å². The average molecular weight is 232 g/mol. The molecule has 0 saturated heterocycles. The van der Waals surface area contributed by atoms with Crippen molar-refractivity contribution in [2.45, 2.75) is 20.4 Å². The monoisotopic (exact) mass is 232 g/mol. The number of nitrogens with two attached hydrogens (primary N) is 1. The van der Waals surface area contributed by atoms with Gasteiger partial charge in [-0.1, -0.05) is 6.07 Å². The van der Waals surface area contributed by atoms with Crippen molar-refractivity contribution in [1.29, 1.82) is 0 Å². The summed E-state index contributed by atoms with van der Waals surface area (Å²) in [5, 5.41) is 2.75. The topological polar surface area (TPSA) is 72.9 Å². The highest BCUT2D eigenvalue weighted by molar-refractivity contribution is 5.79. The van der Waals surface area contributed by atoms with E-state index in [2.05, 4.69) is 10.3 Å². The molecule has 1 amide bonds. The van der Waals surface area contributed by atoms with Gasteiger partial charge in [0.1, 0.15) is 0 Å². The number of nitrogen functional groups attached to an aromatic ring is 1. The smallest absolute Gasteiger partial charge is 0.216 e. The molecule has 0 atom stereocenters. The molecule has 1 aromatic carbocycles. The molecule has 0 bridgehead atoms. The van der Waals surface area contributed by atoms with Crippen LogP contribution in [0.4, 0.5) is 5.95 Å². The minimum atomic E-state index is -0.0378. The number of anilines is 1. The molecule has 2 aromatic rings. The zero-order valence-corrected chi connectivity index (χ0v) is 10.0. The summed E-state index contributed by atoms with van der Waals surface area (Å²) in [6.45, 7) is 4.71. The predicted molar refractivity (Wildman–Crippen MR) is 67.6 cm³/mol. The first-order valence-corrected chi connectivity index (χ1v) is 5.55. The molecule has 5 heteroatoms. The lowest BCUT2D eigenvalue weighted by Gasteiger charge is -2.07. The number of nitrogens with one attached hydrogen (secondary N) is 1. The summed E-state index contributed by atoms with van der Waals surface area (Å²) in [5.41, 5.74) is 8.92. The van der Waals surface area contributed by atoms with Crippen LogP contribution >= 0.6 is 0 Å². The molecule has 0 radical (unpaired) electrons. The van der Waals surface area contributed by atoms with Crippen LogP contribution in [0.1, 0.15) is 12.5 Å². The van der Waals surface area contributed by atoms with E-state index in [9.17, 15) is 4.79 Å². The van der Waals surface area contributed by atoms with Crippen molar-refractivity contribution in [2.24, 2.45) is 0 Å². The molecule has 0 aliphatic carbocycles. The van der Waals surface area contributed by atoms with Crippen LogP contribution in [0.2, 0.25) is 0 Å². The second kappa shape index (κ2) is 4.45. The Balaban J connectivity index is 2.28. The molecule has 1 aromatic heterocycles. The van der Waals surface area contributed by atoms with Gasteiger partial charge in [0.25, 0.3) is 0 Å². The molecular formula is C12H16N4O. The van der Waals surface area contributed by atoms with Crippen LogP contribution in [-0.4, -0.2) is 22.0 Å². The third-order valence-electron chi connectivity index (χ3n) is 2.64. The quantitative estimate of drug-likeness (QED) is 0.831. The fraction of sp³-hybridized carbons (Fsp3) is 0.333. The number of rotatable bonds is 3. The molecular weight excluding hydrogens is 216 g/mol. The number of hydrogen-bond acceptors (Lipinski definition) is 3. The average Bonchev–Trinajstić information content (AvgIpc) is 2.55. The molecule has 0 aliphatic rings. The molecule has 3 N–H and O–H groups in total. The van der Waals surface area contributed by atoms with Crippen molar-refractivity contribution >= 4 is 22.9 Å². The predicted octanol–water partition coefficient (Wildman–Crippen LogP) is 1.06. The lowest BCUT2D eigenvalue weighted by atomic mass is 10.2. The van der Waals surface area contributed by atoms with E-state index in [0.717, 1.165) is 16.6 Å². The highest BCUT2D eigenvalue weighted by Crippen LogP contribution is 2.18. The van der Waals surface area contributed by atoms with Gasteiger partial charge in [0.15, 0.2) is 0 Å². The molecule has 0 aliphatic heterocycles. The molecule has 0 spiro atoms. The fourth-order valence-corrected chi connectivity index (χ4v) is 1.83. The van der Waals surface area contributed by atoms with Crippen molar-refractivity contribution in [1.82, 2.24) is 14.9 Å². The van der Waals surface area contributed by atoms with Gasteiger partial charge in [-0.15, -0.1) is 0 Å². The van der Waals surface area contributed by atoms with Crippen molar-refractivity contribution in [3.05, 3.63) is 23.8 Å². The summed E-state index contributed by atoms with van der Waals surface area (Å²) in [6.07, 6.45) is 0. The third-order valence-corrected chi connectivity index (χ3v) is 2.64. The summed E-state index contributed by atoms with van der Waals surface area (Å²) >= 11 is 0. The van der Waals surface area contributed by atoms with E-state index in [-0.39, 0.29) is 5.91 Å². The number of carbonyl (C=O) groups is 1. The Morgan fingerprint density at radius 2 is 2.29 bits per heavy atom. The van der Waals surface area contributed by atoms with Crippen LogP contribution in [0.3, 0.4) is 0 Å². The number of hydrogen-bond donors (Lipinski definition) is 2. The first-order valence-electron chi connectivity index (χ1n) is 5.55. The fourth-order valence-electron chi connectivity index (χ4n) is 1.83. The molecule has 1 heterocycles. The summed E-state index contributed by atoms with van der Waals surface area (Å²) < 4.78 is 1.91. The van der Waals surface area contributed by atoms with E-state index in [1.807, 2.05) is 29.7 Å². The minimum absolute atomic E-state index is 0.0378. The van der Waals surface area contributed by atoms with Gasteiger partial charge >= 0.3 is 0 Å². The normalized spacial score (nSPS) is 10.7. The Bertz CT molecular complexity index is 559. The van der Waals surface area contributed by atoms with Gasteiger partial charge in [0.05, 0.1) is 11.0 Å². The molecule has 2 rings (SSSR count). The van der Waals surface area contributed by atoms with E-state index < -0.39 is 0 Å². The number of carbonyl (C=O) groups excluding carboxylic acids is 1. The molecule has 90 valence electrons. The Morgan fingerprint density at radius 1 is 1.53 bits per heavy atom. The lowest BCUT2D eigenvalue weighted by Crippen LogP contribution is -2.24. The number of imidazole rings is 1. The lowest BCUT2D eigenvalue weighted by molar-refractivity contribution is -0.118. The Kier molecular flexibility index (Phi) is 2.99. The van der Waals surface area contributed by atoms with E-state index in [1.165, 1.54) is 6.92 Å². The van der Waals surface area contributed by atoms with Gasteiger partial charge in [-0.3, -0.25) is 4.79 Å². The Hall–Kier alpha value is -2.04. The Morgan fingerprint density at radius 3 is 3.00 bits per heavy atom. The minimum Gasteiger partial charge on any atom is -0.369 e. The van der Waals surface area contributed by atoms with Gasteiger partial charge in [0, 0.05) is 20.0 Å². The number of fused-ring (bicyclic) bond motifs is 1. The van der Waals surface area contributed by atoms with Gasteiger partial charge in [-0.2, -0.15) is 0 Å². The van der Waals surface area contributed by atoms with Crippen molar-refractivity contribution in [3.63, 3.8) is 0 Å². The van der Waals surface area contributed by atoms with Gasteiger partial charge in [-0.05, 0) is 24.6 Å². The SMILES string of the molecule is CC(=O)NCCn1c(N)nc2ccc(C)cc21. The zero-order valence-electron chi connectivity index (χ0n) is 10.0. The number of aryl methyl sites for hydroxylation is 1. The second-order valence-corrected chi connectivity index (χ2v) is 4.10. The highest BCUT2D eigenvalue weighted by Gasteiger charge is 2.07. The number of amides is 1. The van der Waals surface area contributed by atoms with Crippen LogP contribution in [0.5, 0.6) is 0 Å². The largest absolute Gasteiger partial charge is 0.369 e. The highest BCUT2D eigenvalue weighted by atomic mass is 16.1. The van der Waals surface area contributed by atoms with E-state index in [4.69, 9.17) is 5.73 Å². The van der Waals surface area contributed by atoms with E-state index in [0.29, 0.717) is 19.0 Å². The maximum absolute atomic E-state index is 10.8. The van der Waals surface area contributed by atoms with Crippen LogP contribution in [0, 0.1) is 6.92 Å². The summed E-state index contributed by atoms with van der Waals surface area (Å²) in [5.74, 6) is 0.445. The standard InChI is InChI=1S/C12H16N4O/c1-8-3-4-10-11(7-8)16(12(13)15-10)6-5-14-9(2)17/h3-4,7H,5-6H2,1-2H3,(H2,13,15)(H,14,17). The van der Waals surface area contributed by atoms with Gasteiger partial charge in [0.2, 0.25) is 11.9 Å². The third kappa shape index (κ3) is 2.38. The van der Waals surface area contributed by atoms with Crippen molar-refractivity contribution < 1.29 is 4.79 Å². The molecule has 0 unspecified atom stereocenters. The zero-order chi connectivity index (χ0) is 12.4. The molecule has 0 fully saturated rings. The second-order valence-electron chi connectivity index (χ2n) is 4.10. The van der Waals surface area contributed by atoms with Crippen LogP contribution in [0.25, 0.3) is 11.0 Å². The summed E-state index contributed by atoms with van der Waals surface area (Å²) in [7, 11) is 0. The van der Waals surface area contributed by atoms with Crippen molar-refractivity contribution in [3.8, 4) is 0 Å². The van der Waals surface area contributed by atoms with E-state index in [1.54, 1.807) is 0 Å². The van der Waals surface area contributed by atoms with Gasteiger partial charge < -0.3 is 15.6 Å². The molecule has 0 saturated carbocycles. The number of benzene rings is 1. The van der Waals surface area contributed by atoms with Crippen molar-refractivity contribution in [2.75, 3.05) is 12.3 Å².